The van der Waals surface area contributed by atoms with Crippen molar-refractivity contribution in [2.75, 3.05) is 5.32 Å². The minimum Gasteiger partial charge on any atom is -0.326 e. The molecule has 21 heavy (non-hydrogen) atoms. The van der Waals surface area contributed by atoms with Crippen LogP contribution >= 0.6 is 11.6 Å². The molecule has 5 heteroatoms. The number of amides is 1. The van der Waals surface area contributed by atoms with Crippen molar-refractivity contribution in [2.45, 2.75) is 12.8 Å². The lowest BCUT2D eigenvalue weighted by Crippen LogP contribution is -2.19. The van der Waals surface area contributed by atoms with Crippen LogP contribution in [0.1, 0.15) is 27.9 Å². The van der Waals surface area contributed by atoms with Crippen molar-refractivity contribution in [3.8, 4) is 0 Å². The van der Waals surface area contributed by atoms with Gasteiger partial charge >= 0.3 is 0 Å². The molecule has 0 atom stereocenters. The molecule has 1 N–H and O–H groups in total. The Kier molecular flexibility index (Phi) is 3.47. The first-order valence-corrected chi connectivity index (χ1v) is 6.85. The Morgan fingerprint density at radius 1 is 1.10 bits per heavy atom. The van der Waals surface area contributed by atoms with Gasteiger partial charge in [-0.1, -0.05) is 11.6 Å². The first-order valence-electron chi connectivity index (χ1n) is 6.47. The fourth-order valence-corrected chi connectivity index (χ4v) is 2.45. The van der Waals surface area contributed by atoms with E-state index in [1.54, 1.807) is 18.2 Å². The minimum absolute atomic E-state index is 0.0142. The minimum atomic E-state index is -0.618. The van der Waals surface area contributed by atoms with Gasteiger partial charge < -0.3 is 5.32 Å². The van der Waals surface area contributed by atoms with E-state index in [0.29, 0.717) is 18.4 Å². The average Bonchev–Trinajstić information content (AvgIpc) is 2.49. The number of ketones is 1. The van der Waals surface area contributed by atoms with E-state index in [4.69, 9.17) is 11.6 Å². The predicted molar refractivity (Wildman–Crippen MR) is 78.2 cm³/mol. The summed E-state index contributed by atoms with van der Waals surface area (Å²) in [4.78, 5) is 23.7. The van der Waals surface area contributed by atoms with Crippen molar-refractivity contribution >= 4 is 29.0 Å². The van der Waals surface area contributed by atoms with Gasteiger partial charge in [0.2, 0.25) is 5.91 Å². The van der Waals surface area contributed by atoms with E-state index in [1.165, 1.54) is 12.1 Å². The van der Waals surface area contributed by atoms with Crippen LogP contribution in [0.2, 0.25) is 5.02 Å². The lowest BCUT2D eigenvalue weighted by molar-refractivity contribution is -0.116. The fraction of sp³-hybridized carbons (Fsp3) is 0.125. The van der Waals surface area contributed by atoms with Crippen LogP contribution in [0.25, 0.3) is 0 Å². The van der Waals surface area contributed by atoms with E-state index in [9.17, 15) is 14.0 Å². The number of carbonyl (C=O) groups is 2. The zero-order chi connectivity index (χ0) is 15.0. The summed E-state index contributed by atoms with van der Waals surface area (Å²) >= 11 is 5.61. The van der Waals surface area contributed by atoms with Gasteiger partial charge in [0.05, 0.1) is 5.02 Å². The van der Waals surface area contributed by atoms with Crippen molar-refractivity contribution in [1.29, 1.82) is 0 Å². The molecule has 0 radical (unpaired) electrons. The van der Waals surface area contributed by atoms with Crippen LogP contribution in [-0.4, -0.2) is 11.7 Å². The normalized spacial score (nSPS) is 13.5. The Morgan fingerprint density at radius 3 is 2.57 bits per heavy atom. The number of hydrogen-bond acceptors (Lipinski definition) is 2. The number of benzene rings is 2. The average molecular weight is 304 g/mol. The molecule has 1 aliphatic rings. The molecule has 0 fully saturated rings. The van der Waals surface area contributed by atoms with Crippen molar-refractivity contribution in [3.63, 3.8) is 0 Å². The summed E-state index contributed by atoms with van der Waals surface area (Å²) in [5.41, 5.74) is 2.35. The number of anilines is 1. The third-order valence-corrected chi connectivity index (χ3v) is 3.75. The van der Waals surface area contributed by atoms with E-state index in [0.717, 1.165) is 17.3 Å². The van der Waals surface area contributed by atoms with Gasteiger partial charge in [-0.25, -0.2) is 4.39 Å². The van der Waals surface area contributed by atoms with E-state index >= 15 is 0 Å². The van der Waals surface area contributed by atoms with E-state index < -0.39 is 5.82 Å². The molecule has 106 valence electrons. The molecular weight excluding hydrogens is 293 g/mol. The zero-order valence-electron chi connectivity index (χ0n) is 11.0. The van der Waals surface area contributed by atoms with Crippen LogP contribution < -0.4 is 5.32 Å². The Bertz CT molecular complexity index is 758. The Hall–Kier alpha value is -2.20. The largest absolute Gasteiger partial charge is 0.326 e. The predicted octanol–water partition coefficient (Wildman–Crippen LogP) is 3.59. The highest BCUT2D eigenvalue weighted by Gasteiger charge is 2.18. The quantitative estimate of drug-likeness (QED) is 0.862. The number of nitrogens with one attached hydrogen (secondary N) is 1. The van der Waals surface area contributed by atoms with Crippen molar-refractivity contribution in [3.05, 3.63) is 63.9 Å². The molecule has 3 rings (SSSR count). The Morgan fingerprint density at radius 2 is 1.81 bits per heavy atom. The van der Waals surface area contributed by atoms with Crippen LogP contribution in [-0.2, 0) is 11.2 Å². The number of hydrogen-bond donors (Lipinski definition) is 1. The van der Waals surface area contributed by atoms with Gasteiger partial charge in [-0.15, -0.1) is 0 Å². The van der Waals surface area contributed by atoms with Gasteiger partial charge in [0, 0.05) is 23.2 Å². The molecule has 0 saturated carbocycles. The van der Waals surface area contributed by atoms with Crippen molar-refractivity contribution in [1.82, 2.24) is 0 Å². The van der Waals surface area contributed by atoms with Gasteiger partial charge in [0.1, 0.15) is 5.82 Å². The first-order chi connectivity index (χ1) is 10.0. The maximum Gasteiger partial charge on any atom is 0.224 e. The SMILES string of the molecule is O=C1CCc2cc(C(=O)c3ccc(Cl)c(F)c3)ccc2N1. The van der Waals surface area contributed by atoms with Crippen LogP contribution in [0.5, 0.6) is 0 Å². The van der Waals surface area contributed by atoms with Gasteiger partial charge in [-0.3, -0.25) is 9.59 Å². The molecule has 0 spiro atoms. The summed E-state index contributed by atoms with van der Waals surface area (Å²) in [7, 11) is 0. The van der Waals surface area contributed by atoms with Crippen LogP contribution in [0, 0.1) is 5.82 Å². The molecule has 0 aliphatic carbocycles. The molecule has 0 saturated heterocycles. The third-order valence-electron chi connectivity index (χ3n) is 3.44. The number of rotatable bonds is 2. The first kappa shape index (κ1) is 13.8. The highest BCUT2D eigenvalue weighted by Crippen LogP contribution is 2.25. The molecule has 1 amide bonds. The highest BCUT2D eigenvalue weighted by molar-refractivity contribution is 6.30. The molecule has 1 aliphatic heterocycles. The summed E-state index contributed by atoms with van der Waals surface area (Å²) in [5, 5.41) is 2.74. The van der Waals surface area contributed by atoms with Gasteiger partial charge in [0.25, 0.3) is 0 Å². The standard InChI is InChI=1S/C16H11ClFNO2/c17-12-4-1-11(8-13(12)18)16(21)10-2-5-14-9(7-10)3-6-15(20)19-14/h1-2,4-5,7-8H,3,6H2,(H,19,20). The molecule has 0 unspecified atom stereocenters. The monoisotopic (exact) mass is 303 g/mol. The molecule has 0 bridgehead atoms. The second-order valence-electron chi connectivity index (χ2n) is 4.88. The summed E-state index contributed by atoms with van der Waals surface area (Å²) in [5.74, 6) is -0.917. The molecule has 1 heterocycles. The number of carbonyl (C=O) groups excluding carboxylic acids is 2. The van der Waals surface area contributed by atoms with Gasteiger partial charge in [0.15, 0.2) is 5.78 Å². The van der Waals surface area contributed by atoms with Crippen molar-refractivity contribution in [2.24, 2.45) is 0 Å². The maximum atomic E-state index is 13.4. The topological polar surface area (TPSA) is 46.2 Å². The summed E-state index contributed by atoms with van der Waals surface area (Å²) in [6.07, 6.45) is 0.998. The Labute approximate surface area is 125 Å². The summed E-state index contributed by atoms with van der Waals surface area (Å²) in [6, 6.07) is 9.05. The highest BCUT2D eigenvalue weighted by atomic mass is 35.5. The molecule has 2 aromatic carbocycles. The Balaban J connectivity index is 1.95. The summed E-state index contributed by atoms with van der Waals surface area (Å²) < 4.78 is 13.4. The zero-order valence-corrected chi connectivity index (χ0v) is 11.7. The summed E-state index contributed by atoms with van der Waals surface area (Å²) in [6.45, 7) is 0. The van der Waals surface area contributed by atoms with Crippen molar-refractivity contribution < 1.29 is 14.0 Å². The molecule has 3 nitrogen and oxygen atoms in total. The fourth-order valence-electron chi connectivity index (χ4n) is 2.33. The molecular formula is C16H11ClFNO2. The van der Waals surface area contributed by atoms with Gasteiger partial charge in [-0.2, -0.15) is 0 Å². The lowest BCUT2D eigenvalue weighted by Gasteiger charge is -2.17. The molecule has 2 aromatic rings. The smallest absolute Gasteiger partial charge is 0.224 e. The van der Waals surface area contributed by atoms with Crippen LogP contribution in [0.4, 0.5) is 10.1 Å². The van der Waals surface area contributed by atoms with Crippen LogP contribution in [0.15, 0.2) is 36.4 Å². The van der Waals surface area contributed by atoms with E-state index in [1.807, 2.05) is 0 Å². The van der Waals surface area contributed by atoms with E-state index in [-0.39, 0.29) is 22.3 Å². The van der Waals surface area contributed by atoms with E-state index in [2.05, 4.69) is 5.32 Å². The number of halogens is 2. The van der Waals surface area contributed by atoms with Gasteiger partial charge in [-0.05, 0) is 48.4 Å². The second-order valence-corrected chi connectivity index (χ2v) is 5.29. The lowest BCUT2D eigenvalue weighted by atomic mass is 9.96. The number of fused-ring (bicyclic) bond motifs is 1. The second kappa shape index (κ2) is 5.30. The molecule has 0 aromatic heterocycles. The van der Waals surface area contributed by atoms with Crippen LogP contribution in [0.3, 0.4) is 0 Å². The number of aryl methyl sites for hydroxylation is 1. The maximum absolute atomic E-state index is 13.4. The third kappa shape index (κ3) is 2.67.